The summed E-state index contributed by atoms with van der Waals surface area (Å²) in [5.74, 6) is 1.42. The maximum absolute atomic E-state index is 5.96. The summed E-state index contributed by atoms with van der Waals surface area (Å²) < 4.78 is 5.93. The van der Waals surface area contributed by atoms with Gasteiger partial charge in [0.25, 0.3) is 0 Å². The van der Waals surface area contributed by atoms with Gasteiger partial charge in [-0.05, 0) is 23.6 Å². The molecule has 1 aromatic heterocycles. The fraction of sp³-hybridized carbons (Fsp3) is 0.412. The first kappa shape index (κ1) is 15.3. The second-order valence-electron chi connectivity index (χ2n) is 5.81. The molecule has 22 heavy (non-hydrogen) atoms. The zero-order valence-electron chi connectivity index (χ0n) is 12.9. The van der Waals surface area contributed by atoms with E-state index in [4.69, 9.17) is 16.3 Å². The summed E-state index contributed by atoms with van der Waals surface area (Å²) in [6.45, 7) is 6.66. The Bertz CT molecular complexity index is 630. The number of benzene rings is 1. The molecule has 1 aliphatic rings. The summed E-state index contributed by atoms with van der Waals surface area (Å²) in [5.41, 5.74) is 2.33. The minimum atomic E-state index is 0.0426. The van der Waals surface area contributed by atoms with Crippen LogP contribution in [-0.4, -0.2) is 29.7 Å². The molecule has 1 fully saturated rings. The van der Waals surface area contributed by atoms with Crippen LogP contribution >= 0.6 is 11.6 Å². The van der Waals surface area contributed by atoms with Gasteiger partial charge in [0, 0.05) is 29.9 Å². The molecule has 1 atom stereocenters. The lowest BCUT2D eigenvalue weighted by Gasteiger charge is -2.35. The van der Waals surface area contributed by atoms with Crippen molar-refractivity contribution in [1.82, 2.24) is 9.97 Å². The topological polar surface area (TPSA) is 38.2 Å². The highest BCUT2D eigenvalue weighted by Gasteiger charge is 2.25. The van der Waals surface area contributed by atoms with Gasteiger partial charge in [0.2, 0.25) is 0 Å². The van der Waals surface area contributed by atoms with Crippen molar-refractivity contribution in [2.75, 3.05) is 24.6 Å². The zero-order valence-corrected chi connectivity index (χ0v) is 13.6. The Morgan fingerprint density at radius 1 is 1.27 bits per heavy atom. The van der Waals surface area contributed by atoms with Crippen LogP contribution in [0.1, 0.15) is 37.0 Å². The Morgan fingerprint density at radius 2 is 2.05 bits per heavy atom. The van der Waals surface area contributed by atoms with Crippen molar-refractivity contribution < 1.29 is 4.74 Å². The van der Waals surface area contributed by atoms with Gasteiger partial charge in [-0.25, -0.2) is 9.97 Å². The molecule has 1 aromatic carbocycles. The monoisotopic (exact) mass is 317 g/mol. The molecule has 1 aliphatic heterocycles. The molecule has 0 bridgehead atoms. The molecule has 116 valence electrons. The summed E-state index contributed by atoms with van der Waals surface area (Å²) in [7, 11) is 0. The Hall–Kier alpha value is -1.65. The van der Waals surface area contributed by atoms with Crippen molar-refractivity contribution in [2.24, 2.45) is 0 Å². The van der Waals surface area contributed by atoms with Crippen LogP contribution in [0.4, 0.5) is 5.82 Å². The smallest absolute Gasteiger partial charge is 0.135 e. The first-order valence-corrected chi connectivity index (χ1v) is 7.95. The fourth-order valence-electron chi connectivity index (χ4n) is 2.73. The Kier molecular flexibility index (Phi) is 4.60. The van der Waals surface area contributed by atoms with E-state index in [0.717, 1.165) is 29.5 Å². The number of aromatic nitrogens is 2. The van der Waals surface area contributed by atoms with Gasteiger partial charge < -0.3 is 9.64 Å². The predicted molar refractivity (Wildman–Crippen MR) is 88.5 cm³/mol. The van der Waals surface area contributed by atoms with Crippen molar-refractivity contribution in [3.8, 4) is 0 Å². The number of morpholine rings is 1. The molecule has 0 aliphatic carbocycles. The van der Waals surface area contributed by atoms with Crippen molar-refractivity contribution >= 4 is 17.4 Å². The van der Waals surface area contributed by atoms with Crippen LogP contribution < -0.4 is 4.90 Å². The quantitative estimate of drug-likeness (QED) is 0.862. The van der Waals surface area contributed by atoms with Crippen molar-refractivity contribution in [3.63, 3.8) is 0 Å². The highest BCUT2D eigenvalue weighted by Crippen LogP contribution is 2.30. The van der Waals surface area contributed by atoms with E-state index < -0.39 is 0 Å². The predicted octanol–water partition coefficient (Wildman–Crippen LogP) is 3.83. The molecule has 0 amide bonds. The second-order valence-corrected chi connectivity index (χ2v) is 6.25. The lowest BCUT2D eigenvalue weighted by molar-refractivity contribution is 0.0394. The third-order valence-corrected chi connectivity index (χ3v) is 4.20. The third-order valence-electron chi connectivity index (χ3n) is 3.95. The third kappa shape index (κ3) is 3.23. The van der Waals surface area contributed by atoms with E-state index in [9.17, 15) is 0 Å². The number of nitrogens with zero attached hydrogens (tertiary/aromatic N) is 3. The molecule has 1 saturated heterocycles. The van der Waals surface area contributed by atoms with E-state index in [0.29, 0.717) is 12.5 Å². The second kappa shape index (κ2) is 6.63. The molecule has 2 heterocycles. The van der Waals surface area contributed by atoms with Crippen LogP contribution in [0.5, 0.6) is 0 Å². The molecular formula is C17H20ClN3O. The molecule has 0 spiro atoms. The lowest BCUT2D eigenvalue weighted by Crippen LogP contribution is -2.39. The van der Waals surface area contributed by atoms with Gasteiger partial charge in [0.1, 0.15) is 18.2 Å². The van der Waals surface area contributed by atoms with E-state index in [1.54, 1.807) is 6.33 Å². The Morgan fingerprint density at radius 3 is 2.77 bits per heavy atom. The standard InChI is InChI=1S/C17H20ClN3O/c1-12(2)15-9-19-11-20-17(15)21-7-8-22-16(10-21)13-3-5-14(18)6-4-13/h3-6,9,11-12,16H,7-8,10H2,1-2H3/t16-/m0/s1. The van der Waals surface area contributed by atoms with Crippen LogP contribution in [0.3, 0.4) is 0 Å². The maximum atomic E-state index is 5.96. The molecule has 3 rings (SSSR count). The van der Waals surface area contributed by atoms with E-state index in [1.807, 2.05) is 30.5 Å². The Balaban J connectivity index is 1.83. The van der Waals surface area contributed by atoms with Crippen LogP contribution in [0.15, 0.2) is 36.8 Å². The molecule has 0 unspecified atom stereocenters. The fourth-order valence-corrected chi connectivity index (χ4v) is 2.85. The van der Waals surface area contributed by atoms with E-state index >= 15 is 0 Å². The highest BCUT2D eigenvalue weighted by molar-refractivity contribution is 6.30. The summed E-state index contributed by atoms with van der Waals surface area (Å²) in [4.78, 5) is 11.0. The van der Waals surface area contributed by atoms with Crippen LogP contribution in [0.2, 0.25) is 5.02 Å². The van der Waals surface area contributed by atoms with E-state index in [1.165, 1.54) is 5.56 Å². The number of hydrogen-bond donors (Lipinski definition) is 0. The SMILES string of the molecule is CC(C)c1cncnc1N1CCO[C@H](c2ccc(Cl)cc2)C1. The number of hydrogen-bond acceptors (Lipinski definition) is 4. The average Bonchev–Trinajstić information content (AvgIpc) is 2.55. The van der Waals surface area contributed by atoms with Crippen molar-refractivity contribution in [3.05, 3.63) is 52.9 Å². The van der Waals surface area contributed by atoms with Crippen LogP contribution in [-0.2, 0) is 4.74 Å². The van der Waals surface area contributed by atoms with E-state index in [2.05, 4.69) is 28.7 Å². The molecule has 4 nitrogen and oxygen atoms in total. The Labute approximate surface area is 136 Å². The van der Waals surface area contributed by atoms with Gasteiger partial charge in [-0.3, -0.25) is 0 Å². The molecular weight excluding hydrogens is 298 g/mol. The zero-order chi connectivity index (χ0) is 15.5. The minimum Gasteiger partial charge on any atom is -0.370 e. The first-order valence-electron chi connectivity index (χ1n) is 7.57. The van der Waals surface area contributed by atoms with Crippen LogP contribution in [0, 0.1) is 0 Å². The molecule has 2 aromatic rings. The minimum absolute atomic E-state index is 0.0426. The van der Waals surface area contributed by atoms with Crippen molar-refractivity contribution in [1.29, 1.82) is 0 Å². The largest absolute Gasteiger partial charge is 0.370 e. The van der Waals surface area contributed by atoms with Crippen LogP contribution in [0.25, 0.3) is 0 Å². The number of ether oxygens (including phenoxy) is 1. The highest BCUT2D eigenvalue weighted by atomic mass is 35.5. The summed E-state index contributed by atoms with van der Waals surface area (Å²) >= 11 is 5.96. The molecule has 0 N–H and O–H groups in total. The van der Waals surface area contributed by atoms with E-state index in [-0.39, 0.29) is 6.10 Å². The summed E-state index contributed by atoms with van der Waals surface area (Å²) in [6.07, 6.45) is 3.58. The summed E-state index contributed by atoms with van der Waals surface area (Å²) in [5, 5.41) is 0.745. The molecule has 5 heteroatoms. The van der Waals surface area contributed by atoms with Gasteiger partial charge in [-0.15, -0.1) is 0 Å². The van der Waals surface area contributed by atoms with Gasteiger partial charge in [-0.1, -0.05) is 37.6 Å². The maximum Gasteiger partial charge on any atom is 0.135 e. The van der Waals surface area contributed by atoms with Gasteiger partial charge in [0.15, 0.2) is 0 Å². The molecule has 0 saturated carbocycles. The number of anilines is 1. The van der Waals surface area contributed by atoms with Gasteiger partial charge >= 0.3 is 0 Å². The summed E-state index contributed by atoms with van der Waals surface area (Å²) in [6, 6.07) is 7.87. The molecule has 0 radical (unpaired) electrons. The van der Waals surface area contributed by atoms with Crippen molar-refractivity contribution in [2.45, 2.75) is 25.9 Å². The first-order chi connectivity index (χ1) is 10.6. The van der Waals surface area contributed by atoms with Gasteiger partial charge in [-0.2, -0.15) is 0 Å². The van der Waals surface area contributed by atoms with Gasteiger partial charge in [0.05, 0.1) is 6.61 Å². The normalized spacial score (nSPS) is 18.7. The lowest BCUT2D eigenvalue weighted by atomic mass is 10.0. The number of rotatable bonds is 3. The number of halogens is 1. The average molecular weight is 318 g/mol.